The minimum absolute atomic E-state index is 0.181. The minimum Gasteiger partial charge on any atom is -0.452 e. The third-order valence-electron chi connectivity index (χ3n) is 3.14. The molecule has 0 saturated heterocycles. The number of carbonyl (C=O) groups excluding carboxylic acids is 2. The molecule has 1 N–H and O–H groups in total. The Morgan fingerprint density at radius 3 is 2.39 bits per heavy atom. The Kier molecular flexibility index (Phi) is 5.41. The highest BCUT2D eigenvalue weighted by atomic mass is 19.1. The molecule has 0 aliphatic carbocycles. The highest BCUT2D eigenvalue weighted by Crippen LogP contribution is 2.14. The SMILES string of the molecule is CCc1ccc(C(=O)OCC(=O)Nc2ccc(F)cc2F)cc1. The van der Waals surface area contributed by atoms with Crippen LogP contribution in [0.2, 0.25) is 0 Å². The number of benzene rings is 2. The maximum Gasteiger partial charge on any atom is 0.338 e. The molecule has 0 radical (unpaired) electrons. The summed E-state index contributed by atoms with van der Waals surface area (Å²) in [6, 6.07) is 9.57. The number of hydrogen-bond acceptors (Lipinski definition) is 3. The largest absolute Gasteiger partial charge is 0.452 e. The summed E-state index contributed by atoms with van der Waals surface area (Å²) in [5.41, 5.74) is 1.22. The van der Waals surface area contributed by atoms with E-state index >= 15 is 0 Å². The van der Waals surface area contributed by atoms with Gasteiger partial charge in [0, 0.05) is 6.07 Å². The third-order valence-corrected chi connectivity index (χ3v) is 3.14. The summed E-state index contributed by atoms with van der Waals surface area (Å²) in [6.45, 7) is 1.43. The fraction of sp³-hybridized carbons (Fsp3) is 0.176. The lowest BCUT2D eigenvalue weighted by molar-refractivity contribution is -0.119. The Balaban J connectivity index is 1.89. The van der Waals surface area contributed by atoms with Gasteiger partial charge in [-0.3, -0.25) is 4.79 Å². The molecule has 6 heteroatoms. The van der Waals surface area contributed by atoms with Crippen molar-refractivity contribution in [3.8, 4) is 0 Å². The maximum absolute atomic E-state index is 13.4. The molecule has 0 atom stereocenters. The second-order valence-electron chi connectivity index (χ2n) is 4.80. The number of carbonyl (C=O) groups is 2. The van der Waals surface area contributed by atoms with Gasteiger partial charge in [-0.2, -0.15) is 0 Å². The average Bonchev–Trinajstić information content (AvgIpc) is 2.55. The second-order valence-corrected chi connectivity index (χ2v) is 4.80. The number of nitrogens with one attached hydrogen (secondary N) is 1. The van der Waals surface area contributed by atoms with Crippen molar-refractivity contribution < 1.29 is 23.1 Å². The van der Waals surface area contributed by atoms with Crippen molar-refractivity contribution in [2.24, 2.45) is 0 Å². The zero-order chi connectivity index (χ0) is 16.8. The van der Waals surface area contributed by atoms with E-state index in [4.69, 9.17) is 4.74 Å². The molecule has 0 aliphatic heterocycles. The zero-order valence-electron chi connectivity index (χ0n) is 12.4. The van der Waals surface area contributed by atoms with Gasteiger partial charge in [0.15, 0.2) is 6.61 Å². The Hall–Kier alpha value is -2.76. The number of ether oxygens (including phenoxy) is 1. The summed E-state index contributed by atoms with van der Waals surface area (Å²) < 4.78 is 31.0. The summed E-state index contributed by atoms with van der Waals surface area (Å²) in [7, 11) is 0. The van der Waals surface area contributed by atoms with Crippen molar-refractivity contribution in [1.29, 1.82) is 0 Å². The topological polar surface area (TPSA) is 55.4 Å². The summed E-state index contributed by atoms with van der Waals surface area (Å²) in [6.07, 6.45) is 0.848. The van der Waals surface area contributed by atoms with E-state index in [0.29, 0.717) is 11.6 Å². The van der Waals surface area contributed by atoms with E-state index in [1.54, 1.807) is 24.3 Å². The van der Waals surface area contributed by atoms with Gasteiger partial charge in [0.1, 0.15) is 11.6 Å². The smallest absolute Gasteiger partial charge is 0.338 e. The van der Waals surface area contributed by atoms with Crippen molar-refractivity contribution in [2.45, 2.75) is 13.3 Å². The number of esters is 1. The van der Waals surface area contributed by atoms with Crippen molar-refractivity contribution >= 4 is 17.6 Å². The Morgan fingerprint density at radius 1 is 1.09 bits per heavy atom. The van der Waals surface area contributed by atoms with Crippen LogP contribution >= 0.6 is 0 Å². The van der Waals surface area contributed by atoms with Gasteiger partial charge in [0.2, 0.25) is 0 Å². The summed E-state index contributed by atoms with van der Waals surface area (Å²) in [4.78, 5) is 23.4. The van der Waals surface area contributed by atoms with Crippen molar-refractivity contribution in [1.82, 2.24) is 0 Å². The molecule has 0 aliphatic rings. The van der Waals surface area contributed by atoms with Crippen LogP contribution in [0.25, 0.3) is 0 Å². The Bertz CT molecular complexity index is 714. The first-order valence-corrected chi connectivity index (χ1v) is 7.00. The molecule has 0 heterocycles. The van der Waals surface area contributed by atoms with E-state index < -0.39 is 30.1 Å². The van der Waals surface area contributed by atoms with Gasteiger partial charge in [-0.25, -0.2) is 13.6 Å². The molecule has 2 aromatic carbocycles. The monoisotopic (exact) mass is 319 g/mol. The minimum atomic E-state index is -0.903. The van der Waals surface area contributed by atoms with Gasteiger partial charge in [-0.05, 0) is 36.2 Å². The lowest BCUT2D eigenvalue weighted by atomic mass is 10.1. The Morgan fingerprint density at radius 2 is 1.78 bits per heavy atom. The van der Waals surface area contributed by atoms with Gasteiger partial charge in [-0.1, -0.05) is 19.1 Å². The van der Waals surface area contributed by atoms with Crippen LogP contribution in [0.5, 0.6) is 0 Å². The first-order chi connectivity index (χ1) is 11.0. The summed E-state index contributed by atoms with van der Waals surface area (Å²) in [5, 5.41) is 2.20. The molecule has 0 unspecified atom stereocenters. The standard InChI is InChI=1S/C17H15F2NO3/c1-2-11-3-5-12(6-4-11)17(22)23-10-16(21)20-15-8-7-13(18)9-14(15)19/h3-9H,2,10H2,1H3,(H,20,21). The maximum atomic E-state index is 13.4. The number of hydrogen-bond donors (Lipinski definition) is 1. The number of amides is 1. The third kappa shape index (κ3) is 4.60. The molecular weight excluding hydrogens is 304 g/mol. The lowest BCUT2D eigenvalue weighted by Gasteiger charge is -2.08. The predicted octanol–water partition coefficient (Wildman–Crippen LogP) is 3.32. The molecule has 2 aromatic rings. The predicted molar refractivity (Wildman–Crippen MR) is 81.1 cm³/mol. The van der Waals surface area contributed by atoms with Gasteiger partial charge in [0.25, 0.3) is 5.91 Å². The van der Waals surface area contributed by atoms with Crippen molar-refractivity contribution in [2.75, 3.05) is 11.9 Å². The molecule has 0 saturated carbocycles. The lowest BCUT2D eigenvalue weighted by Crippen LogP contribution is -2.21. The fourth-order valence-electron chi connectivity index (χ4n) is 1.87. The van der Waals surface area contributed by atoms with E-state index in [0.717, 1.165) is 24.1 Å². The van der Waals surface area contributed by atoms with Crippen LogP contribution in [0.1, 0.15) is 22.8 Å². The highest BCUT2D eigenvalue weighted by molar-refractivity contribution is 5.95. The molecule has 1 amide bonds. The van der Waals surface area contributed by atoms with Crippen LogP contribution in [0, 0.1) is 11.6 Å². The van der Waals surface area contributed by atoms with Gasteiger partial charge < -0.3 is 10.1 Å². The second kappa shape index (κ2) is 7.49. The number of halogens is 2. The van der Waals surface area contributed by atoms with E-state index in [1.165, 1.54) is 0 Å². The summed E-state index contributed by atoms with van der Waals surface area (Å²) >= 11 is 0. The molecule has 0 bridgehead atoms. The zero-order valence-corrected chi connectivity index (χ0v) is 12.4. The van der Waals surface area contributed by atoms with E-state index in [2.05, 4.69) is 5.32 Å². The summed E-state index contributed by atoms with van der Waals surface area (Å²) in [5.74, 6) is -3.02. The average molecular weight is 319 g/mol. The molecule has 2 rings (SSSR count). The van der Waals surface area contributed by atoms with E-state index in [9.17, 15) is 18.4 Å². The van der Waals surface area contributed by atoms with Gasteiger partial charge in [-0.15, -0.1) is 0 Å². The molecule has 4 nitrogen and oxygen atoms in total. The van der Waals surface area contributed by atoms with Gasteiger partial charge >= 0.3 is 5.97 Å². The van der Waals surface area contributed by atoms with Gasteiger partial charge in [0.05, 0.1) is 11.3 Å². The number of rotatable bonds is 5. The van der Waals surface area contributed by atoms with Crippen LogP contribution in [-0.2, 0) is 16.0 Å². The first-order valence-electron chi connectivity index (χ1n) is 7.00. The number of anilines is 1. The molecule has 23 heavy (non-hydrogen) atoms. The van der Waals surface area contributed by atoms with Crippen LogP contribution in [0.3, 0.4) is 0 Å². The molecular formula is C17H15F2NO3. The normalized spacial score (nSPS) is 10.2. The van der Waals surface area contributed by atoms with Crippen molar-refractivity contribution in [3.05, 3.63) is 65.2 Å². The van der Waals surface area contributed by atoms with Crippen LogP contribution in [0.4, 0.5) is 14.5 Å². The van der Waals surface area contributed by atoms with E-state index in [-0.39, 0.29) is 5.69 Å². The Labute approximate surface area is 132 Å². The van der Waals surface area contributed by atoms with Crippen LogP contribution in [0.15, 0.2) is 42.5 Å². The number of aryl methyl sites for hydroxylation is 1. The van der Waals surface area contributed by atoms with Crippen molar-refractivity contribution in [3.63, 3.8) is 0 Å². The van der Waals surface area contributed by atoms with E-state index in [1.807, 2.05) is 6.92 Å². The molecule has 0 spiro atoms. The first kappa shape index (κ1) is 16.6. The van der Waals surface area contributed by atoms with Crippen LogP contribution in [-0.4, -0.2) is 18.5 Å². The van der Waals surface area contributed by atoms with Crippen LogP contribution < -0.4 is 5.32 Å². The quantitative estimate of drug-likeness (QED) is 0.860. The molecule has 0 fully saturated rings. The molecule has 120 valence electrons. The molecule has 0 aromatic heterocycles. The highest BCUT2D eigenvalue weighted by Gasteiger charge is 2.12. The fourth-order valence-corrected chi connectivity index (χ4v) is 1.87.